The minimum Gasteiger partial charge on any atom is -0.481 e. The van der Waals surface area contributed by atoms with Gasteiger partial charge in [0.2, 0.25) is 5.91 Å². The van der Waals surface area contributed by atoms with Crippen LogP contribution in [0, 0.1) is 0 Å². The third-order valence-corrected chi connectivity index (χ3v) is 5.49. The molecule has 5 nitrogen and oxygen atoms in total. The highest BCUT2D eigenvalue weighted by atomic mass is 16.5. The standard InChI is InChI=1S/C26H23NO4/c1-2-18-21(13-17-9-5-8-16-7-3-4-10-19(16)17)20-11-6-12-23(31-15-25(29)30)26(20)22(18)14-24(27)28/h3-13H,2,14-15H2,1H3,(H2,27,28)(H,29,30)/b21-13-. The Morgan fingerprint density at radius 3 is 2.48 bits per heavy atom. The lowest BCUT2D eigenvalue weighted by Crippen LogP contribution is -2.13. The predicted octanol–water partition coefficient (Wildman–Crippen LogP) is 4.90. The number of ether oxygens (including phenoxy) is 1. The van der Waals surface area contributed by atoms with E-state index in [4.69, 9.17) is 15.6 Å². The zero-order valence-electron chi connectivity index (χ0n) is 17.2. The number of fused-ring (bicyclic) bond motifs is 2. The number of carboxylic acid groups (broad SMARTS) is 1. The average Bonchev–Trinajstić information content (AvgIpc) is 3.05. The Morgan fingerprint density at radius 2 is 1.74 bits per heavy atom. The first kappa shape index (κ1) is 20.4. The summed E-state index contributed by atoms with van der Waals surface area (Å²) in [5.74, 6) is -1.05. The summed E-state index contributed by atoms with van der Waals surface area (Å²) in [6.07, 6.45) is 2.90. The van der Waals surface area contributed by atoms with Crippen molar-refractivity contribution >= 4 is 39.9 Å². The summed E-state index contributed by atoms with van der Waals surface area (Å²) in [4.78, 5) is 22.9. The number of primary amides is 1. The Morgan fingerprint density at radius 1 is 1.00 bits per heavy atom. The van der Waals surface area contributed by atoms with Gasteiger partial charge in [0, 0.05) is 5.56 Å². The summed E-state index contributed by atoms with van der Waals surface area (Å²) >= 11 is 0. The van der Waals surface area contributed by atoms with Crippen LogP contribution in [0.3, 0.4) is 0 Å². The number of aliphatic carboxylic acids is 1. The van der Waals surface area contributed by atoms with Gasteiger partial charge < -0.3 is 15.6 Å². The molecule has 0 saturated carbocycles. The van der Waals surface area contributed by atoms with E-state index in [1.165, 1.54) is 0 Å². The molecule has 0 unspecified atom stereocenters. The average molecular weight is 413 g/mol. The summed E-state index contributed by atoms with van der Waals surface area (Å²) in [6, 6.07) is 19.9. The second-order valence-electron chi connectivity index (χ2n) is 7.44. The Kier molecular flexibility index (Phi) is 5.58. The van der Waals surface area contributed by atoms with E-state index in [2.05, 4.69) is 30.3 Å². The van der Waals surface area contributed by atoms with Crippen molar-refractivity contribution in [2.24, 2.45) is 5.73 Å². The molecule has 5 heteroatoms. The first-order valence-electron chi connectivity index (χ1n) is 10.2. The third-order valence-electron chi connectivity index (χ3n) is 5.49. The Balaban J connectivity index is 1.94. The molecular weight excluding hydrogens is 390 g/mol. The van der Waals surface area contributed by atoms with Crippen molar-refractivity contribution in [3.8, 4) is 5.75 Å². The highest BCUT2D eigenvalue weighted by Crippen LogP contribution is 2.49. The molecule has 0 saturated heterocycles. The van der Waals surface area contributed by atoms with Crippen molar-refractivity contribution in [1.82, 2.24) is 0 Å². The molecule has 0 fully saturated rings. The van der Waals surface area contributed by atoms with Gasteiger partial charge in [-0.2, -0.15) is 0 Å². The molecule has 0 spiro atoms. The van der Waals surface area contributed by atoms with Crippen LogP contribution in [0.25, 0.3) is 28.0 Å². The van der Waals surface area contributed by atoms with E-state index in [9.17, 15) is 9.59 Å². The summed E-state index contributed by atoms with van der Waals surface area (Å²) in [5.41, 5.74) is 11.1. The molecule has 156 valence electrons. The normalized spacial score (nSPS) is 14.2. The fraction of sp³-hybridized carbons (Fsp3) is 0.154. The van der Waals surface area contributed by atoms with Crippen LogP contribution in [0.2, 0.25) is 0 Å². The number of allylic oxidation sites excluding steroid dienone is 2. The third kappa shape index (κ3) is 3.94. The van der Waals surface area contributed by atoms with Crippen LogP contribution in [0.15, 0.2) is 66.2 Å². The van der Waals surface area contributed by atoms with E-state index >= 15 is 0 Å². The number of carbonyl (C=O) groups excluding carboxylic acids is 1. The fourth-order valence-electron chi connectivity index (χ4n) is 4.27. The lowest BCUT2D eigenvalue weighted by molar-refractivity contribution is -0.139. The van der Waals surface area contributed by atoms with Crippen LogP contribution >= 0.6 is 0 Å². The SMILES string of the molecule is CCC1=C(CC(N)=O)c2c(OCC(=O)O)cccc2/C1=C\c1cccc2ccccc12. The Hall–Kier alpha value is -3.86. The molecule has 0 radical (unpaired) electrons. The Labute approximate surface area is 180 Å². The molecule has 1 aliphatic rings. The maximum Gasteiger partial charge on any atom is 0.341 e. The van der Waals surface area contributed by atoms with Gasteiger partial charge in [-0.3, -0.25) is 4.79 Å². The number of benzene rings is 3. The topological polar surface area (TPSA) is 89.6 Å². The van der Waals surface area contributed by atoms with Crippen molar-refractivity contribution in [1.29, 1.82) is 0 Å². The maximum absolute atomic E-state index is 11.9. The van der Waals surface area contributed by atoms with E-state index in [0.717, 1.165) is 44.2 Å². The molecule has 0 aromatic heterocycles. The second kappa shape index (κ2) is 8.48. The van der Waals surface area contributed by atoms with E-state index in [1.807, 2.05) is 37.3 Å². The summed E-state index contributed by atoms with van der Waals surface area (Å²) in [6.45, 7) is 1.58. The van der Waals surface area contributed by atoms with Gasteiger partial charge in [-0.1, -0.05) is 61.5 Å². The van der Waals surface area contributed by atoms with E-state index in [0.29, 0.717) is 12.2 Å². The van der Waals surface area contributed by atoms with Crippen LogP contribution in [0.4, 0.5) is 0 Å². The van der Waals surface area contributed by atoms with Crippen LogP contribution in [-0.2, 0) is 9.59 Å². The number of carbonyl (C=O) groups is 2. The van der Waals surface area contributed by atoms with Gasteiger partial charge in [-0.15, -0.1) is 0 Å². The first-order valence-corrected chi connectivity index (χ1v) is 10.2. The molecule has 4 rings (SSSR count). The van der Waals surface area contributed by atoms with Crippen LogP contribution in [-0.4, -0.2) is 23.6 Å². The van der Waals surface area contributed by atoms with Crippen molar-refractivity contribution < 1.29 is 19.4 Å². The van der Waals surface area contributed by atoms with E-state index in [1.54, 1.807) is 6.07 Å². The summed E-state index contributed by atoms with van der Waals surface area (Å²) in [7, 11) is 0. The Bertz CT molecular complexity index is 1250. The van der Waals surface area contributed by atoms with Gasteiger partial charge >= 0.3 is 5.97 Å². The maximum atomic E-state index is 11.9. The van der Waals surface area contributed by atoms with Crippen molar-refractivity contribution in [2.45, 2.75) is 19.8 Å². The highest BCUT2D eigenvalue weighted by molar-refractivity contribution is 6.11. The van der Waals surface area contributed by atoms with Crippen molar-refractivity contribution in [2.75, 3.05) is 6.61 Å². The second-order valence-corrected chi connectivity index (χ2v) is 7.44. The zero-order chi connectivity index (χ0) is 22.0. The van der Waals surface area contributed by atoms with Crippen molar-refractivity contribution in [3.05, 3.63) is 82.9 Å². The van der Waals surface area contributed by atoms with Gasteiger partial charge in [0.15, 0.2) is 6.61 Å². The minimum atomic E-state index is -1.06. The lowest BCUT2D eigenvalue weighted by atomic mass is 9.96. The molecule has 31 heavy (non-hydrogen) atoms. The number of carboxylic acids is 1. The molecule has 0 aliphatic heterocycles. The molecule has 0 heterocycles. The van der Waals surface area contributed by atoms with Gasteiger partial charge in [-0.05, 0) is 57.2 Å². The number of rotatable bonds is 7. The molecule has 0 bridgehead atoms. The molecule has 0 atom stereocenters. The smallest absolute Gasteiger partial charge is 0.341 e. The van der Waals surface area contributed by atoms with Gasteiger partial charge in [0.1, 0.15) is 5.75 Å². The zero-order valence-corrected chi connectivity index (χ0v) is 17.2. The molecule has 3 aromatic rings. The monoisotopic (exact) mass is 413 g/mol. The largest absolute Gasteiger partial charge is 0.481 e. The van der Waals surface area contributed by atoms with Crippen molar-refractivity contribution in [3.63, 3.8) is 0 Å². The van der Waals surface area contributed by atoms with Gasteiger partial charge in [-0.25, -0.2) is 4.79 Å². The molecule has 3 N–H and O–H groups in total. The predicted molar refractivity (Wildman–Crippen MR) is 122 cm³/mol. The molecule has 1 aliphatic carbocycles. The summed E-state index contributed by atoms with van der Waals surface area (Å²) < 4.78 is 5.57. The van der Waals surface area contributed by atoms with Crippen LogP contribution in [0.5, 0.6) is 5.75 Å². The number of nitrogens with two attached hydrogens (primary N) is 1. The van der Waals surface area contributed by atoms with E-state index in [-0.39, 0.29) is 6.42 Å². The van der Waals surface area contributed by atoms with Gasteiger partial charge in [0.05, 0.1) is 6.42 Å². The number of hydrogen-bond donors (Lipinski definition) is 2. The lowest BCUT2D eigenvalue weighted by Gasteiger charge is -2.12. The first-order chi connectivity index (χ1) is 15.0. The van der Waals surface area contributed by atoms with E-state index < -0.39 is 18.5 Å². The van der Waals surface area contributed by atoms with Crippen LogP contribution in [0.1, 0.15) is 36.5 Å². The summed E-state index contributed by atoms with van der Waals surface area (Å²) in [5, 5.41) is 11.3. The highest BCUT2D eigenvalue weighted by Gasteiger charge is 2.29. The molecule has 1 amide bonds. The fourth-order valence-corrected chi connectivity index (χ4v) is 4.27. The number of hydrogen-bond acceptors (Lipinski definition) is 3. The number of amides is 1. The molecular formula is C26H23NO4. The minimum absolute atomic E-state index is 0.0660. The van der Waals surface area contributed by atoms with Crippen LogP contribution < -0.4 is 10.5 Å². The molecule has 3 aromatic carbocycles. The van der Waals surface area contributed by atoms with Gasteiger partial charge in [0.25, 0.3) is 0 Å². The quantitative estimate of drug-likeness (QED) is 0.577.